The topological polar surface area (TPSA) is 21.3 Å². The van der Waals surface area contributed by atoms with Gasteiger partial charge < -0.3 is 10.1 Å². The van der Waals surface area contributed by atoms with Gasteiger partial charge in [-0.2, -0.15) is 0 Å². The van der Waals surface area contributed by atoms with Gasteiger partial charge in [0.05, 0.1) is 6.10 Å². The molecule has 1 saturated carbocycles. The van der Waals surface area contributed by atoms with Gasteiger partial charge in [-0.25, -0.2) is 0 Å². The van der Waals surface area contributed by atoms with Crippen LogP contribution in [-0.2, 0) is 4.74 Å². The van der Waals surface area contributed by atoms with E-state index >= 15 is 0 Å². The second-order valence-electron chi connectivity index (χ2n) is 5.61. The lowest BCUT2D eigenvalue weighted by Gasteiger charge is -2.27. The Kier molecular flexibility index (Phi) is 5.87. The zero-order valence-electron chi connectivity index (χ0n) is 12.3. The van der Waals surface area contributed by atoms with E-state index in [0.29, 0.717) is 0 Å². The molecule has 1 aliphatic carbocycles. The summed E-state index contributed by atoms with van der Waals surface area (Å²) in [7, 11) is 0. The minimum Gasteiger partial charge on any atom is -0.372 e. The molecule has 19 heavy (non-hydrogen) atoms. The van der Waals surface area contributed by atoms with Gasteiger partial charge in [-0.15, -0.1) is 0 Å². The first-order valence-corrected chi connectivity index (χ1v) is 7.69. The summed E-state index contributed by atoms with van der Waals surface area (Å²) in [5, 5.41) is 3.42. The van der Waals surface area contributed by atoms with Crippen LogP contribution in [0.5, 0.6) is 0 Å². The summed E-state index contributed by atoms with van der Waals surface area (Å²) in [4.78, 5) is 0. The Morgan fingerprint density at radius 3 is 2.74 bits per heavy atom. The van der Waals surface area contributed by atoms with Crippen LogP contribution in [-0.4, -0.2) is 19.7 Å². The minimum absolute atomic E-state index is 0.196. The predicted octanol–water partition coefficient (Wildman–Crippen LogP) is 3.85. The van der Waals surface area contributed by atoms with Gasteiger partial charge in [0.1, 0.15) is 0 Å². The molecule has 1 aromatic carbocycles. The van der Waals surface area contributed by atoms with Crippen molar-refractivity contribution >= 4 is 0 Å². The number of likely N-dealkylation sites (N-methyl/N-ethyl adjacent to an activating group) is 1. The van der Waals surface area contributed by atoms with E-state index in [1.54, 1.807) is 0 Å². The number of nitrogens with one attached hydrogen (secondary N) is 1. The summed E-state index contributed by atoms with van der Waals surface area (Å²) >= 11 is 0. The molecule has 0 aromatic heterocycles. The molecule has 1 aliphatic rings. The van der Waals surface area contributed by atoms with Crippen molar-refractivity contribution in [1.82, 2.24) is 5.32 Å². The molecule has 1 aromatic rings. The molecule has 0 heterocycles. The van der Waals surface area contributed by atoms with E-state index < -0.39 is 0 Å². The van der Waals surface area contributed by atoms with Crippen molar-refractivity contribution in [3.05, 3.63) is 35.4 Å². The molecule has 0 spiro atoms. The predicted molar refractivity (Wildman–Crippen MR) is 80.4 cm³/mol. The van der Waals surface area contributed by atoms with Gasteiger partial charge in [0.15, 0.2) is 0 Å². The van der Waals surface area contributed by atoms with Crippen molar-refractivity contribution in [1.29, 1.82) is 0 Å². The molecule has 2 heteroatoms. The van der Waals surface area contributed by atoms with Gasteiger partial charge in [0.2, 0.25) is 0 Å². The summed E-state index contributed by atoms with van der Waals surface area (Å²) < 4.78 is 6.15. The first-order valence-electron chi connectivity index (χ1n) is 7.69. The Bertz CT molecular complexity index is 373. The summed E-state index contributed by atoms with van der Waals surface area (Å²) in [5.74, 6) is 0.927. The van der Waals surface area contributed by atoms with Gasteiger partial charge in [-0.3, -0.25) is 0 Å². The first-order chi connectivity index (χ1) is 9.31. The molecule has 2 nitrogen and oxygen atoms in total. The van der Waals surface area contributed by atoms with Crippen LogP contribution >= 0.6 is 0 Å². The molecule has 1 fully saturated rings. The van der Waals surface area contributed by atoms with E-state index in [-0.39, 0.29) is 6.10 Å². The van der Waals surface area contributed by atoms with Crippen molar-refractivity contribution in [3.8, 4) is 0 Å². The van der Waals surface area contributed by atoms with Crippen LogP contribution in [0.25, 0.3) is 0 Å². The maximum atomic E-state index is 6.15. The molecule has 106 valence electrons. The van der Waals surface area contributed by atoms with E-state index in [2.05, 4.69) is 43.4 Å². The lowest BCUT2D eigenvalue weighted by atomic mass is 9.83. The molecular formula is C17H27NO. The fourth-order valence-electron chi connectivity index (χ4n) is 2.64. The van der Waals surface area contributed by atoms with E-state index in [9.17, 15) is 0 Å². The van der Waals surface area contributed by atoms with Crippen LogP contribution in [0.1, 0.15) is 49.8 Å². The van der Waals surface area contributed by atoms with E-state index in [1.807, 2.05) is 0 Å². The third kappa shape index (κ3) is 4.32. The Hall–Kier alpha value is -0.860. The third-order valence-electron chi connectivity index (χ3n) is 4.18. The largest absolute Gasteiger partial charge is 0.372 e. The lowest BCUT2D eigenvalue weighted by molar-refractivity contribution is 0.0371. The molecule has 1 atom stereocenters. The zero-order valence-corrected chi connectivity index (χ0v) is 12.3. The van der Waals surface area contributed by atoms with Crippen molar-refractivity contribution < 1.29 is 4.74 Å². The molecule has 2 rings (SSSR count). The quantitative estimate of drug-likeness (QED) is 0.767. The van der Waals surface area contributed by atoms with Crippen LogP contribution < -0.4 is 5.32 Å². The van der Waals surface area contributed by atoms with Crippen molar-refractivity contribution in [2.24, 2.45) is 5.92 Å². The van der Waals surface area contributed by atoms with Crippen LogP contribution in [0.15, 0.2) is 24.3 Å². The highest BCUT2D eigenvalue weighted by atomic mass is 16.5. The fraction of sp³-hybridized carbons (Fsp3) is 0.647. The number of rotatable bonds is 8. The normalized spacial score (nSPS) is 17.2. The Morgan fingerprint density at radius 2 is 2.11 bits per heavy atom. The van der Waals surface area contributed by atoms with E-state index in [4.69, 9.17) is 4.74 Å². The molecule has 1 N–H and O–H groups in total. The fourth-order valence-corrected chi connectivity index (χ4v) is 2.64. The zero-order chi connectivity index (χ0) is 13.5. The SMILES string of the molecule is CCNCC(OCCC1CCC1)c1ccccc1C. The number of hydrogen-bond donors (Lipinski definition) is 1. The highest BCUT2D eigenvalue weighted by Crippen LogP contribution is 2.30. The number of hydrogen-bond acceptors (Lipinski definition) is 2. The van der Waals surface area contributed by atoms with Gasteiger partial charge in [-0.1, -0.05) is 50.5 Å². The van der Waals surface area contributed by atoms with Crippen molar-refractivity contribution in [2.45, 2.75) is 45.6 Å². The third-order valence-corrected chi connectivity index (χ3v) is 4.18. The van der Waals surface area contributed by atoms with Crippen LogP contribution in [0.2, 0.25) is 0 Å². The van der Waals surface area contributed by atoms with E-state index in [1.165, 1.54) is 36.8 Å². The average Bonchev–Trinajstić information content (AvgIpc) is 2.37. The highest BCUT2D eigenvalue weighted by molar-refractivity contribution is 5.28. The summed E-state index contributed by atoms with van der Waals surface area (Å²) in [6.45, 7) is 7.11. The van der Waals surface area contributed by atoms with E-state index in [0.717, 1.165) is 25.6 Å². The molecule has 0 aliphatic heterocycles. The van der Waals surface area contributed by atoms with Gasteiger partial charge in [0, 0.05) is 13.2 Å². The molecule has 0 bridgehead atoms. The molecule has 0 saturated heterocycles. The first kappa shape index (κ1) is 14.5. The maximum Gasteiger partial charge on any atom is 0.0951 e. The summed E-state index contributed by atoms with van der Waals surface area (Å²) in [5.41, 5.74) is 2.66. The Labute approximate surface area is 117 Å². The highest BCUT2D eigenvalue weighted by Gasteiger charge is 2.19. The molecule has 0 amide bonds. The standard InChI is InChI=1S/C17H27NO/c1-3-18-13-17(16-10-5-4-7-14(16)2)19-12-11-15-8-6-9-15/h4-5,7,10,15,17-18H,3,6,8-9,11-13H2,1-2H3. The minimum atomic E-state index is 0.196. The molecule has 0 radical (unpaired) electrons. The number of ether oxygens (including phenoxy) is 1. The number of benzene rings is 1. The Balaban J connectivity index is 1.88. The monoisotopic (exact) mass is 261 g/mol. The Morgan fingerprint density at radius 1 is 1.32 bits per heavy atom. The molecule has 1 unspecified atom stereocenters. The van der Waals surface area contributed by atoms with Crippen LogP contribution in [0, 0.1) is 12.8 Å². The van der Waals surface area contributed by atoms with Crippen molar-refractivity contribution in [2.75, 3.05) is 19.7 Å². The van der Waals surface area contributed by atoms with Gasteiger partial charge >= 0.3 is 0 Å². The summed E-state index contributed by atoms with van der Waals surface area (Å²) in [6.07, 6.45) is 5.66. The lowest BCUT2D eigenvalue weighted by Crippen LogP contribution is -2.25. The summed E-state index contributed by atoms with van der Waals surface area (Å²) in [6, 6.07) is 8.57. The van der Waals surface area contributed by atoms with Crippen LogP contribution in [0.3, 0.4) is 0 Å². The maximum absolute atomic E-state index is 6.15. The second kappa shape index (κ2) is 7.66. The average molecular weight is 261 g/mol. The van der Waals surface area contributed by atoms with Gasteiger partial charge in [-0.05, 0) is 36.9 Å². The smallest absolute Gasteiger partial charge is 0.0951 e. The van der Waals surface area contributed by atoms with Gasteiger partial charge in [0.25, 0.3) is 0 Å². The number of aryl methyl sites for hydroxylation is 1. The second-order valence-corrected chi connectivity index (χ2v) is 5.61. The van der Waals surface area contributed by atoms with Crippen molar-refractivity contribution in [3.63, 3.8) is 0 Å². The molecular weight excluding hydrogens is 234 g/mol. The van der Waals surface area contributed by atoms with Crippen LogP contribution in [0.4, 0.5) is 0 Å².